The van der Waals surface area contributed by atoms with Crippen LogP contribution in [-0.4, -0.2) is 31.1 Å². The summed E-state index contributed by atoms with van der Waals surface area (Å²) in [5.41, 5.74) is 1.46. The van der Waals surface area contributed by atoms with E-state index in [9.17, 15) is 4.79 Å². The van der Waals surface area contributed by atoms with Gasteiger partial charge >= 0.3 is 0 Å². The predicted octanol–water partition coefficient (Wildman–Crippen LogP) is 1.44. The monoisotopic (exact) mass is 270 g/mol. The summed E-state index contributed by atoms with van der Waals surface area (Å²) >= 11 is 0. The average molecular weight is 270 g/mol. The third kappa shape index (κ3) is 2.74. The zero-order chi connectivity index (χ0) is 13.9. The molecule has 4 heteroatoms. The van der Waals surface area contributed by atoms with Crippen molar-refractivity contribution in [2.75, 3.05) is 13.2 Å². The Balaban J connectivity index is 1.69. The number of Topliss-reactive ketones (excluding diaryl/α,β-unsaturated/α-hetero) is 1. The number of ether oxygens (including phenoxy) is 1. The molecule has 1 aromatic rings. The lowest BCUT2D eigenvalue weighted by Crippen LogP contribution is -2.55. The third-order valence-corrected chi connectivity index (χ3v) is 4.21. The van der Waals surface area contributed by atoms with Gasteiger partial charge in [0.05, 0.1) is 24.8 Å². The minimum absolute atomic E-state index is 0.0990. The first-order valence-electron chi connectivity index (χ1n) is 7.11. The maximum absolute atomic E-state index is 12.5. The highest BCUT2D eigenvalue weighted by Gasteiger charge is 2.35. The Bertz CT molecular complexity index is 538. The SMILES string of the molecule is N#Cc1ccccc1CC(=O)C1CC2COCC(C1)N2. The quantitative estimate of drug-likeness (QED) is 0.902. The molecule has 20 heavy (non-hydrogen) atoms. The Morgan fingerprint density at radius 3 is 2.70 bits per heavy atom. The van der Waals surface area contributed by atoms with Crippen LogP contribution in [0.1, 0.15) is 24.0 Å². The summed E-state index contributed by atoms with van der Waals surface area (Å²) in [6.45, 7) is 1.41. The molecule has 0 aromatic heterocycles. The number of nitrogens with one attached hydrogen (secondary N) is 1. The van der Waals surface area contributed by atoms with Crippen LogP contribution in [0.25, 0.3) is 0 Å². The summed E-state index contributed by atoms with van der Waals surface area (Å²) in [6, 6.07) is 10.1. The number of ketones is 1. The molecule has 4 nitrogen and oxygen atoms in total. The Morgan fingerprint density at radius 1 is 1.30 bits per heavy atom. The van der Waals surface area contributed by atoms with Crippen LogP contribution in [0.3, 0.4) is 0 Å². The van der Waals surface area contributed by atoms with E-state index in [1.54, 1.807) is 6.07 Å². The maximum atomic E-state index is 12.5. The summed E-state index contributed by atoms with van der Waals surface area (Å²) < 4.78 is 5.50. The van der Waals surface area contributed by atoms with Gasteiger partial charge in [-0.3, -0.25) is 4.79 Å². The molecular weight excluding hydrogens is 252 g/mol. The molecule has 1 aromatic carbocycles. The standard InChI is InChI=1S/C16H18N2O2/c17-8-12-4-2-1-3-11(12)7-16(19)13-5-14-9-20-10-15(6-13)18-14/h1-4,13-15,18H,5-7,9-10H2. The molecule has 2 fully saturated rings. The maximum Gasteiger partial charge on any atom is 0.140 e. The first-order valence-corrected chi connectivity index (χ1v) is 7.11. The normalized spacial score (nSPS) is 28.6. The molecule has 104 valence electrons. The van der Waals surface area contributed by atoms with Crippen molar-refractivity contribution in [2.24, 2.45) is 5.92 Å². The number of fused-ring (bicyclic) bond motifs is 2. The number of rotatable bonds is 3. The number of hydrogen-bond acceptors (Lipinski definition) is 4. The number of morpholine rings is 1. The van der Waals surface area contributed by atoms with Gasteiger partial charge in [-0.25, -0.2) is 0 Å². The number of piperidine rings is 1. The molecule has 2 bridgehead atoms. The Hall–Kier alpha value is -1.70. The fourth-order valence-corrected chi connectivity index (χ4v) is 3.22. The van der Waals surface area contributed by atoms with E-state index in [-0.39, 0.29) is 11.7 Å². The molecule has 0 aliphatic carbocycles. The number of nitrogens with zero attached hydrogens (tertiary/aromatic N) is 1. The Kier molecular flexibility index (Phi) is 3.81. The van der Waals surface area contributed by atoms with Gasteiger partial charge in [0.1, 0.15) is 5.78 Å². The van der Waals surface area contributed by atoms with Crippen molar-refractivity contribution in [3.8, 4) is 6.07 Å². The summed E-state index contributed by atoms with van der Waals surface area (Å²) in [7, 11) is 0. The zero-order valence-electron chi connectivity index (χ0n) is 11.3. The highest BCUT2D eigenvalue weighted by molar-refractivity contribution is 5.84. The predicted molar refractivity (Wildman–Crippen MR) is 74.1 cm³/mol. The van der Waals surface area contributed by atoms with E-state index in [1.165, 1.54) is 0 Å². The van der Waals surface area contributed by atoms with Crippen LogP contribution in [0, 0.1) is 17.2 Å². The molecule has 3 rings (SSSR count). The first kappa shape index (κ1) is 13.3. The molecule has 1 N–H and O–H groups in total. The van der Waals surface area contributed by atoms with Crippen LogP contribution < -0.4 is 5.32 Å². The number of benzene rings is 1. The number of carbonyl (C=O) groups excluding carboxylic acids is 1. The smallest absolute Gasteiger partial charge is 0.140 e. The minimum atomic E-state index is 0.0990. The van der Waals surface area contributed by atoms with Gasteiger partial charge < -0.3 is 10.1 Å². The summed E-state index contributed by atoms with van der Waals surface area (Å²) in [5, 5.41) is 12.6. The van der Waals surface area contributed by atoms with Crippen molar-refractivity contribution in [3.05, 3.63) is 35.4 Å². The van der Waals surface area contributed by atoms with Crippen molar-refractivity contribution in [1.82, 2.24) is 5.32 Å². The second-order valence-electron chi connectivity index (χ2n) is 5.68. The average Bonchev–Trinajstić information content (AvgIpc) is 2.47. The highest BCUT2D eigenvalue weighted by Crippen LogP contribution is 2.26. The lowest BCUT2D eigenvalue weighted by molar-refractivity contribution is -0.125. The highest BCUT2D eigenvalue weighted by atomic mass is 16.5. The first-order chi connectivity index (χ1) is 9.76. The van der Waals surface area contributed by atoms with Gasteiger partial charge in [0.25, 0.3) is 0 Å². The van der Waals surface area contributed by atoms with Gasteiger partial charge in [0.2, 0.25) is 0 Å². The molecular formula is C16H18N2O2. The van der Waals surface area contributed by atoms with Crippen molar-refractivity contribution in [1.29, 1.82) is 5.26 Å². The second-order valence-corrected chi connectivity index (χ2v) is 5.68. The van der Waals surface area contributed by atoms with Gasteiger partial charge in [0.15, 0.2) is 0 Å². The molecule has 0 radical (unpaired) electrons. The van der Waals surface area contributed by atoms with Crippen LogP contribution in [0.4, 0.5) is 0 Å². The molecule has 2 heterocycles. The Labute approximate surface area is 118 Å². The summed E-state index contributed by atoms with van der Waals surface area (Å²) in [5.74, 6) is 0.355. The molecule has 2 unspecified atom stereocenters. The van der Waals surface area contributed by atoms with Crippen LogP contribution in [0.15, 0.2) is 24.3 Å². The van der Waals surface area contributed by atoms with Crippen molar-refractivity contribution in [3.63, 3.8) is 0 Å². The van der Waals surface area contributed by atoms with Gasteiger partial charge in [-0.2, -0.15) is 5.26 Å². The van der Waals surface area contributed by atoms with Crippen LogP contribution in [0.5, 0.6) is 0 Å². The van der Waals surface area contributed by atoms with Gasteiger partial charge in [0, 0.05) is 24.4 Å². The number of hydrogen-bond donors (Lipinski definition) is 1. The number of carbonyl (C=O) groups is 1. The summed E-state index contributed by atoms with van der Waals surface area (Å²) in [4.78, 5) is 12.5. The van der Waals surface area contributed by atoms with Gasteiger partial charge in [-0.1, -0.05) is 18.2 Å². The van der Waals surface area contributed by atoms with E-state index in [0.29, 0.717) is 37.3 Å². The second kappa shape index (κ2) is 5.74. The minimum Gasteiger partial charge on any atom is -0.378 e. The van der Waals surface area contributed by atoms with Crippen LogP contribution in [0.2, 0.25) is 0 Å². The molecule has 2 aliphatic rings. The fourth-order valence-electron chi connectivity index (χ4n) is 3.22. The lowest BCUT2D eigenvalue weighted by Gasteiger charge is -2.39. The van der Waals surface area contributed by atoms with E-state index in [2.05, 4.69) is 11.4 Å². The lowest BCUT2D eigenvalue weighted by atomic mass is 9.82. The van der Waals surface area contributed by atoms with E-state index < -0.39 is 0 Å². The molecule has 2 aliphatic heterocycles. The van der Waals surface area contributed by atoms with Crippen molar-refractivity contribution in [2.45, 2.75) is 31.3 Å². The van der Waals surface area contributed by atoms with Gasteiger partial charge in [-0.15, -0.1) is 0 Å². The zero-order valence-corrected chi connectivity index (χ0v) is 11.3. The molecule has 0 spiro atoms. The van der Waals surface area contributed by atoms with Crippen molar-refractivity contribution < 1.29 is 9.53 Å². The largest absolute Gasteiger partial charge is 0.378 e. The fraction of sp³-hybridized carbons (Fsp3) is 0.500. The molecule has 0 amide bonds. The molecule has 0 saturated carbocycles. The van der Waals surface area contributed by atoms with Crippen LogP contribution >= 0.6 is 0 Å². The summed E-state index contributed by atoms with van der Waals surface area (Å²) in [6.07, 6.45) is 2.07. The van der Waals surface area contributed by atoms with Crippen molar-refractivity contribution >= 4 is 5.78 Å². The van der Waals surface area contributed by atoms with E-state index >= 15 is 0 Å². The topological polar surface area (TPSA) is 62.1 Å². The van der Waals surface area contributed by atoms with Gasteiger partial charge in [-0.05, 0) is 24.5 Å². The Morgan fingerprint density at radius 2 is 2.00 bits per heavy atom. The molecule has 2 atom stereocenters. The van der Waals surface area contributed by atoms with Crippen LogP contribution in [-0.2, 0) is 16.0 Å². The number of nitriles is 1. The van der Waals surface area contributed by atoms with E-state index in [0.717, 1.165) is 18.4 Å². The van der Waals surface area contributed by atoms with E-state index in [1.807, 2.05) is 18.2 Å². The third-order valence-electron chi connectivity index (χ3n) is 4.21. The molecule has 2 saturated heterocycles. The van der Waals surface area contributed by atoms with E-state index in [4.69, 9.17) is 10.00 Å².